The van der Waals surface area contributed by atoms with Gasteiger partial charge in [-0.2, -0.15) is 0 Å². The van der Waals surface area contributed by atoms with Gasteiger partial charge in [0.25, 0.3) is 5.56 Å². The largest absolute Gasteiger partial charge is 0.382 e. The molecule has 7 nitrogen and oxygen atoms in total. The van der Waals surface area contributed by atoms with Crippen molar-refractivity contribution in [2.24, 2.45) is 0 Å². The van der Waals surface area contributed by atoms with Gasteiger partial charge in [-0.25, -0.2) is 9.18 Å². The second-order valence-corrected chi connectivity index (χ2v) is 5.24. The minimum absolute atomic E-state index is 0.148. The number of methoxy groups -OCH3 is 2. The molecule has 0 saturated carbocycles. The number of hydrogen-bond donors (Lipinski definition) is 1. The summed E-state index contributed by atoms with van der Waals surface area (Å²) < 4.78 is 31.3. The number of hydrogen-bond acceptors (Lipinski definition) is 5. The van der Waals surface area contributed by atoms with Crippen molar-refractivity contribution in [3.05, 3.63) is 32.6 Å². The molecule has 0 spiro atoms. The van der Waals surface area contributed by atoms with Crippen LogP contribution in [0.1, 0.15) is 25.1 Å². The standard InChI is InChI=1S/C14H21FN2O5/c1-4-5-8-6-17(14(19)16-12(8)18)13-10(15)11(21-3)9(22-13)7-20-2/h6,9-11,13H,4-5,7H2,1-3H3,(H,16,18,19)/t9-,10+,11?,13-/m1/s1. The molecule has 1 fully saturated rings. The van der Waals surface area contributed by atoms with Gasteiger partial charge in [0, 0.05) is 26.0 Å². The molecule has 22 heavy (non-hydrogen) atoms. The van der Waals surface area contributed by atoms with Crippen molar-refractivity contribution in [3.63, 3.8) is 0 Å². The summed E-state index contributed by atoms with van der Waals surface area (Å²) >= 11 is 0. The first-order chi connectivity index (χ1) is 10.5. The number of alkyl halides is 1. The Labute approximate surface area is 127 Å². The zero-order valence-corrected chi connectivity index (χ0v) is 12.9. The molecule has 8 heteroatoms. The van der Waals surface area contributed by atoms with Gasteiger partial charge in [0.05, 0.1) is 6.61 Å². The number of halogens is 1. The monoisotopic (exact) mass is 316 g/mol. The Morgan fingerprint density at radius 2 is 2.14 bits per heavy atom. The Hall–Kier alpha value is -1.51. The van der Waals surface area contributed by atoms with Crippen LogP contribution in [-0.2, 0) is 20.6 Å². The Morgan fingerprint density at radius 3 is 2.73 bits per heavy atom. The average molecular weight is 316 g/mol. The van der Waals surface area contributed by atoms with Gasteiger partial charge in [0.2, 0.25) is 0 Å². The molecule has 0 radical (unpaired) electrons. The summed E-state index contributed by atoms with van der Waals surface area (Å²) in [6.07, 6.45) is -1.55. The van der Waals surface area contributed by atoms with E-state index in [2.05, 4.69) is 4.98 Å². The van der Waals surface area contributed by atoms with E-state index in [0.717, 1.165) is 11.0 Å². The minimum atomic E-state index is -1.54. The van der Waals surface area contributed by atoms with Crippen molar-refractivity contribution in [2.45, 2.75) is 44.4 Å². The lowest BCUT2D eigenvalue weighted by molar-refractivity contribution is -0.0626. The third-order valence-electron chi connectivity index (χ3n) is 3.71. The SMILES string of the molecule is CCCc1cn([C@@H]2O[C@H](COC)C(OC)[C@@H]2F)c(=O)[nH]c1=O. The highest BCUT2D eigenvalue weighted by atomic mass is 19.1. The van der Waals surface area contributed by atoms with E-state index < -0.39 is 35.9 Å². The van der Waals surface area contributed by atoms with Crippen molar-refractivity contribution in [3.8, 4) is 0 Å². The maximum absolute atomic E-state index is 14.6. The second kappa shape index (κ2) is 7.17. The van der Waals surface area contributed by atoms with Crippen molar-refractivity contribution in [1.29, 1.82) is 0 Å². The third-order valence-corrected chi connectivity index (χ3v) is 3.71. The Bertz CT molecular complexity index is 614. The first kappa shape index (κ1) is 16.9. The number of aryl methyl sites for hydroxylation is 1. The molecule has 124 valence electrons. The summed E-state index contributed by atoms with van der Waals surface area (Å²) in [4.78, 5) is 25.9. The van der Waals surface area contributed by atoms with Gasteiger partial charge in [-0.3, -0.25) is 14.3 Å². The van der Waals surface area contributed by atoms with E-state index in [-0.39, 0.29) is 6.61 Å². The fraction of sp³-hybridized carbons (Fsp3) is 0.714. The van der Waals surface area contributed by atoms with Gasteiger partial charge < -0.3 is 14.2 Å². The molecule has 0 amide bonds. The number of H-pyrrole nitrogens is 1. The highest BCUT2D eigenvalue weighted by Crippen LogP contribution is 2.32. The first-order valence-corrected chi connectivity index (χ1v) is 7.19. The fourth-order valence-corrected chi connectivity index (χ4v) is 2.66. The molecule has 0 aromatic carbocycles. The van der Waals surface area contributed by atoms with Crippen LogP contribution in [-0.4, -0.2) is 48.8 Å². The number of nitrogens with one attached hydrogen (secondary N) is 1. The van der Waals surface area contributed by atoms with Gasteiger partial charge in [-0.05, 0) is 6.42 Å². The van der Waals surface area contributed by atoms with Gasteiger partial charge in [0.15, 0.2) is 12.4 Å². The quantitative estimate of drug-likeness (QED) is 0.821. The van der Waals surface area contributed by atoms with E-state index in [4.69, 9.17) is 14.2 Å². The van der Waals surface area contributed by atoms with Crippen LogP contribution in [0, 0.1) is 0 Å². The van der Waals surface area contributed by atoms with E-state index in [1.54, 1.807) is 0 Å². The lowest BCUT2D eigenvalue weighted by atomic mass is 10.1. The summed E-state index contributed by atoms with van der Waals surface area (Å²) in [6, 6.07) is 0. The summed E-state index contributed by atoms with van der Waals surface area (Å²) in [5, 5.41) is 0. The molecule has 1 N–H and O–H groups in total. The molecule has 1 aromatic heterocycles. The molecule has 1 unspecified atom stereocenters. The smallest absolute Gasteiger partial charge is 0.330 e. The Kier molecular flexibility index (Phi) is 5.49. The molecule has 0 aliphatic carbocycles. The van der Waals surface area contributed by atoms with Crippen LogP contribution in [0.2, 0.25) is 0 Å². The predicted molar refractivity (Wildman–Crippen MR) is 76.8 cm³/mol. The number of aromatic amines is 1. The maximum Gasteiger partial charge on any atom is 0.330 e. The molecule has 2 rings (SSSR count). The second-order valence-electron chi connectivity index (χ2n) is 5.24. The van der Waals surface area contributed by atoms with E-state index in [0.29, 0.717) is 12.0 Å². The van der Waals surface area contributed by atoms with Crippen LogP contribution in [0.4, 0.5) is 4.39 Å². The maximum atomic E-state index is 14.6. The van der Waals surface area contributed by atoms with Crippen molar-refractivity contribution in [2.75, 3.05) is 20.8 Å². The molecule has 1 aliphatic heterocycles. The highest BCUT2D eigenvalue weighted by molar-refractivity contribution is 5.06. The third kappa shape index (κ3) is 3.13. The molecule has 4 atom stereocenters. The molecule has 0 bridgehead atoms. The van der Waals surface area contributed by atoms with Gasteiger partial charge >= 0.3 is 5.69 Å². The van der Waals surface area contributed by atoms with Gasteiger partial charge in [0.1, 0.15) is 12.2 Å². The number of rotatable bonds is 6. The summed E-state index contributed by atoms with van der Waals surface area (Å²) in [5.41, 5.74) is -0.735. The lowest BCUT2D eigenvalue weighted by Crippen LogP contribution is -2.37. The normalized spacial score (nSPS) is 28.2. The minimum Gasteiger partial charge on any atom is -0.382 e. The fourth-order valence-electron chi connectivity index (χ4n) is 2.66. The lowest BCUT2D eigenvalue weighted by Gasteiger charge is -2.17. The topological polar surface area (TPSA) is 82.6 Å². The Morgan fingerprint density at radius 1 is 1.41 bits per heavy atom. The summed E-state index contributed by atoms with van der Waals surface area (Å²) in [6.45, 7) is 2.06. The van der Waals surface area contributed by atoms with E-state index >= 15 is 0 Å². The van der Waals surface area contributed by atoms with E-state index in [1.807, 2.05) is 6.92 Å². The Balaban J connectivity index is 2.37. The first-order valence-electron chi connectivity index (χ1n) is 7.19. The summed E-state index contributed by atoms with van der Waals surface area (Å²) in [7, 11) is 2.85. The van der Waals surface area contributed by atoms with Crippen molar-refractivity contribution < 1.29 is 18.6 Å². The molecule has 1 aromatic rings. The highest BCUT2D eigenvalue weighted by Gasteiger charge is 2.46. The van der Waals surface area contributed by atoms with Crippen molar-refractivity contribution >= 4 is 0 Å². The summed E-state index contributed by atoms with van der Waals surface area (Å²) in [5.74, 6) is 0. The van der Waals surface area contributed by atoms with Crippen LogP contribution in [0.25, 0.3) is 0 Å². The number of ether oxygens (including phenoxy) is 3. The zero-order valence-electron chi connectivity index (χ0n) is 12.9. The number of aromatic nitrogens is 2. The van der Waals surface area contributed by atoms with Gasteiger partial charge in [-0.1, -0.05) is 13.3 Å². The average Bonchev–Trinajstić information content (AvgIpc) is 2.78. The molecule has 1 aliphatic rings. The number of nitrogens with zero attached hydrogens (tertiary/aromatic N) is 1. The zero-order chi connectivity index (χ0) is 16.3. The molecule has 1 saturated heterocycles. The van der Waals surface area contributed by atoms with Gasteiger partial charge in [-0.15, -0.1) is 0 Å². The van der Waals surface area contributed by atoms with Crippen molar-refractivity contribution in [1.82, 2.24) is 9.55 Å². The van der Waals surface area contributed by atoms with E-state index in [1.165, 1.54) is 20.4 Å². The van der Waals surface area contributed by atoms with Crippen LogP contribution >= 0.6 is 0 Å². The van der Waals surface area contributed by atoms with E-state index in [9.17, 15) is 14.0 Å². The molecule has 2 heterocycles. The molecular formula is C14H21FN2O5. The van der Waals surface area contributed by atoms with Crippen LogP contribution in [0.15, 0.2) is 15.8 Å². The van der Waals surface area contributed by atoms with Crippen LogP contribution in [0.5, 0.6) is 0 Å². The van der Waals surface area contributed by atoms with Crippen LogP contribution < -0.4 is 11.2 Å². The van der Waals surface area contributed by atoms with Crippen LogP contribution in [0.3, 0.4) is 0 Å². The molecular weight excluding hydrogens is 295 g/mol. The predicted octanol–water partition coefficient (Wildman–Crippen LogP) is 0.386.